The van der Waals surface area contributed by atoms with Gasteiger partial charge in [-0.3, -0.25) is 9.13 Å². The second-order valence-corrected chi connectivity index (χ2v) is 15.2. The van der Waals surface area contributed by atoms with E-state index in [1.54, 1.807) is 0 Å². The van der Waals surface area contributed by atoms with Gasteiger partial charge >= 0.3 is 0 Å². The van der Waals surface area contributed by atoms with Crippen molar-refractivity contribution in [1.29, 1.82) is 0 Å². The van der Waals surface area contributed by atoms with E-state index in [0.717, 1.165) is 5.69 Å². The predicted octanol–water partition coefficient (Wildman–Crippen LogP) is 14.0. The SMILES string of the molecule is c1ccc(-c2cccc3c2c2c4cccc5c4n(c2n3-c2ccc3ccccc3c2)-c2cc(-c3ccc4ccc6ccccc6c4c3)ccc2S5)cc1. The van der Waals surface area contributed by atoms with Crippen LogP contribution in [0.2, 0.25) is 0 Å². The van der Waals surface area contributed by atoms with Crippen LogP contribution in [0.3, 0.4) is 0 Å². The van der Waals surface area contributed by atoms with Crippen molar-refractivity contribution in [1.82, 2.24) is 9.13 Å². The molecule has 0 saturated heterocycles. The van der Waals surface area contributed by atoms with Crippen molar-refractivity contribution in [2.24, 2.45) is 0 Å². The Balaban J connectivity index is 1.20. The Morgan fingerprint density at radius 2 is 1.08 bits per heavy atom. The van der Waals surface area contributed by atoms with Crippen LogP contribution in [-0.4, -0.2) is 9.13 Å². The average Bonchev–Trinajstić information content (AvgIpc) is 3.75. The summed E-state index contributed by atoms with van der Waals surface area (Å²) in [6.45, 7) is 0. The van der Waals surface area contributed by atoms with Crippen molar-refractivity contribution in [3.63, 3.8) is 0 Å². The Morgan fingerprint density at radius 1 is 0.377 bits per heavy atom. The van der Waals surface area contributed by atoms with Crippen molar-refractivity contribution in [3.05, 3.63) is 182 Å². The zero-order valence-electron chi connectivity index (χ0n) is 28.6. The molecule has 246 valence electrons. The van der Waals surface area contributed by atoms with E-state index in [0.29, 0.717) is 0 Å². The summed E-state index contributed by atoms with van der Waals surface area (Å²) in [7, 11) is 0. The number of nitrogens with zero attached hydrogens (tertiary/aromatic N) is 2. The van der Waals surface area contributed by atoms with Crippen LogP contribution < -0.4 is 0 Å². The number of benzene rings is 9. The van der Waals surface area contributed by atoms with Crippen LogP contribution in [0.25, 0.3) is 98.8 Å². The highest BCUT2D eigenvalue weighted by atomic mass is 32.2. The fourth-order valence-corrected chi connectivity index (χ4v) is 9.94. The molecule has 0 fully saturated rings. The molecule has 9 aromatic carbocycles. The standard InChI is InChI=1S/C50H30N2S/c1-2-11-32(12-3-1)40-16-8-18-43-47(40)48-41-17-9-19-46-49(41)52(50(48)51(43)38-26-24-31-10-4-5-14-35(31)28-38)44-30-37(25-27-45(44)53-46)36-23-22-34-21-20-33-13-6-7-15-39(33)42(34)29-36/h1-30H. The topological polar surface area (TPSA) is 9.86 Å². The highest BCUT2D eigenvalue weighted by Gasteiger charge is 2.29. The van der Waals surface area contributed by atoms with E-state index in [4.69, 9.17) is 0 Å². The first-order chi connectivity index (χ1) is 26.3. The molecule has 53 heavy (non-hydrogen) atoms. The van der Waals surface area contributed by atoms with Crippen LogP contribution in [0, 0.1) is 0 Å². The minimum absolute atomic E-state index is 1.16. The molecule has 2 nitrogen and oxygen atoms in total. The lowest BCUT2D eigenvalue weighted by atomic mass is 9.97. The molecule has 0 unspecified atom stereocenters. The molecule has 0 saturated carbocycles. The lowest BCUT2D eigenvalue weighted by Crippen LogP contribution is -2.06. The minimum Gasteiger partial charge on any atom is -0.295 e. The summed E-state index contributed by atoms with van der Waals surface area (Å²) < 4.78 is 5.08. The number of rotatable bonds is 3. The molecule has 0 spiro atoms. The van der Waals surface area contributed by atoms with E-state index in [-0.39, 0.29) is 0 Å². The molecule has 3 heterocycles. The number of hydrogen-bond acceptors (Lipinski definition) is 1. The Labute approximate surface area is 310 Å². The van der Waals surface area contributed by atoms with Gasteiger partial charge in [-0.1, -0.05) is 151 Å². The number of aromatic nitrogens is 2. The maximum Gasteiger partial charge on any atom is 0.131 e. The smallest absolute Gasteiger partial charge is 0.131 e. The van der Waals surface area contributed by atoms with Crippen LogP contribution in [0.15, 0.2) is 192 Å². The van der Waals surface area contributed by atoms with Crippen LogP contribution in [0.1, 0.15) is 0 Å². The summed E-state index contributed by atoms with van der Waals surface area (Å²) in [5, 5.41) is 11.4. The monoisotopic (exact) mass is 690 g/mol. The van der Waals surface area contributed by atoms with Gasteiger partial charge in [-0.25, -0.2) is 0 Å². The molecule has 3 heteroatoms. The molecule has 0 atom stereocenters. The van der Waals surface area contributed by atoms with Gasteiger partial charge in [0.05, 0.1) is 16.7 Å². The second-order valence-electron chi connectivity index (χ2n) is 14.1. The molecule has 2 aromatic heterocycles. The molecular weight excluding hydrogens is 661 g/mol. The van der Waals surface area contributed by atoms with Crippen molar-refractivity contribution in [3.8, 4) is 33.6 Å². The minimum atomic E-state index is 1.16. The quantitative estimate of drug-likeness (QED) is 0.168. The highest BCUT2D eigenvalue weighted by Crippen LogP contribution is 2.51. The first-order valence-corrected chi connectivity index (χ1v) is 19.0. The predicted molar refractivity (Wildman–Crippen MR) is 225 cm³/mol. The van der Waals surface area contributed by atoms with Crippen molar-refractivity contribution in [2.45, 2.75) is 9.79 Å². The van der Waals surface area contributed by atoms with Crippen molar-refractivity contribution < 1.29 is 0 Å². The molecule has 12 rings (SSSR count). The Kier molecular flexibility index (Phi) is 6.02. The largest absolute Gasteiger partial charge is 0.295 e. The fourth-order valence-electron chi connectivity index (χ4n) is 8.86. The van der Waals surface area contributed by atoms with Gasteiger partial charge in [-0.15, -0.1) is 0 Å². The third kappa shape index (κ3) is 4.17. The van der Waals surface area contributed by atoms with Gasteiger partial charge in [-0.2, -0.15) is 0 Å². The summed E-state index contributed by atoms with van der Waals surface area (Å²) in [6.07, 6.45) is 0. The van der Waals surface area contributed by atoms with Gasteiger partial charge in [0, 0.05) is 31.6 Å². The van der Waals surface area contributed by atoms with Crippen LogP contribution in [0.4, 0.5) is 0 Å². The number of fused-ring (bicyclic) bond motifs is 11. The molecule has 11 aromatic rings. The highest BCUT2D eigenvalue weighted by molar-refractivity contribution is 7.99. The summed E-state index contributed by atoms with van der Waals surface area (Å²) in [6, 6.07) is 67.2. The number of para-hydroxylation sites is 1. The Morgan fingerprint density at radius 3 is 1.98 bits per heavy atom. The van der Waals surface area contributed by atoms with E-state index in [9.17, 15) is 0 Å². The lowest BCUT2D eigenvalue weighted by Gasteiger charge is -2.22. The molecule has 1 aliphatic heterocycles. The van der Waals surface area contributed by atoms with Gasteiger partial charge in [0.15, 0.2) is 0 Å². The van der Waals surface area contributed by atoms with Gasteiger partial charge in [-0.05, 0) is 97.0 Å². The Bertz CT molecular complexity index is 3310. The third-order valence-electron chi connectivity index (χ3n) is 11.2. The summed E-state index contributed by atoms with van der Waals surface area (Å²) >= 11 is 1.88. The van der Waals surface area contributed by atoms with E-state index in [1.165, 1.54) is 103 Å². The second kappa shape index (κ2) is 11.0. The van der Waals surface area contributed by atoms with Gasteiger partial charge in [0.1, 0.15) is 5.65 Å². The number of hydrogen-bond donors (Lipinski definition) is 0. The maximum absolute atomic E-state index is 2.57. The molecule has 0 amide bonds. The van der Waals surface area contributed by atoms with Crippen molar-refractivity contribution >= 4 is 76.9 Å². The van der Waals surface area contributed by atoms with Gasteiger partial charge in [0.2, 0.25) is 0 Å². The zero-order valence-corrected chi connectivity index (χ0v) is 29.4. The lowest BCUT2D eigenvalue weighted by molar-refractivity contribution is 1.03. The summed E-state index contributed by atoms with van der Waals surface area (Å²) in [5.41, 5.74) is 11.0. The van der Waals surface area contributed by atoms with Crippen LogP contribution >= 0.6 is 11.8 Å². The van der Waals surface area contributed by atoms with Crippen LogP contribution in [-0.2, 0) is 0 Å². The Hall–Kier alpha value is -6.55. The first-order valence-electron chi connectivity index (χ1n) is 18.2. The molecule has 0 radical (unpaired) electrons. The average molecular weight is 691 g/mol. The normalized spacial score (nSPS) is 12.5. The van der Waals surface area contributed by atoms with Gasteiger partial charge < -0.3 is 0 Å². The molecule has 0 aliphatic carbocycles. The maximum atomic E-state index is 2.57. The fraction of sp³-hybridized carbons (Fsp3) is 0. The molecule has 1 aliphatic rings. The molecule has 0 bridgehead atoms. The van der Waals surface area contributed by atoms with Gasteiger partial charge in [0.25, 0.3) is 0 Å². The third-order valence-corrected chi connectivity index (χ3v) is 12.4. The molecule has 0 N–H and O–H groups in total. The molecular formula is C50H30N2S. The zero-order chi connectivity index (χ0) is 34.6. The summed E-state index contributed by atoms with van der Waals surface area (Å²) in [4.78, 5) is 2.54. The van der Waals surface area contributed by atoms with E-state index >= 15 is 0 Å². The van der Waals surface area contributed by atoms with E-state index < -0.39 is 0 Å². The summed E-state index contributed by atoms with van der Waals surface area (Å²) in [5.74, 6) is 0. The first kappa shape index (κ1) is 29.1. The van der Waals surface area contributed by atoms with Crippen molar-refractivity contribution in [2.75, 3.05) is 0 Å². The van der Waals surface area contributed by atoms with E-state index in [2.05, 4.69) is 191 Å². The van der Waals surface area contributed by atoms with Crippen LogP contribution in [0.5, 0.6) is 0 Å². The van der Waals surface area contributed by atoms with E-state index in [1.807, 2.05) is 11.8 Å².